The lowest BCUT2D eigenvalue weighted by Gasteiger charge is -2.21. The highest BCUT2D eigenvalue weighted by Gasteiger charge is 2.60. The first-order chi connectivity index (χ1) is 6.96. The molecule has 7 heteroatoms. The smallest absolute Gasteiger partial charge is 0.299 e. The predicted molar refractivity (Wildman–Crippen MR) is 44.7 cm³/mol. The first-order valence-electron chi connectivity index (χ1n) is 4.26. The Morgan fingerprint density at radius 2 is 1.44 bits per heavy atom. The van der Waals surface area contributed by atoms with Gasteiger partial charge in [0.05, 0.1) is 0 Å². The van der Waals surface area contributed by atoms with Crippen molar-refractivity contribution in [3.63, 3.8) is 0 Å². The van der Waals surface area contributed by atoms with Crippen molar-refractivity contribution in [2.75, 3.05) is 0 Å². The molecule has 0 saturated carbocycles. The molecule has 0 spiro atoms. The zero-order valence-electron chi connectivity index (χ0n) is 8.37. The normalized spacial score (nSPS) is 13.0. The summed E-state index contributed by atoms with van der Waals surface area (Å²) in [6.07, 6.45) is -12.2. The number of carbonyl (C=O) groups excluding carboxylic acids is 1. The Bertz CT molecular complexity index is 261. The van der Waals surface area contributed by atoms with Crippen LogP contribution in [0.5, 0.6) is 0 Å². The SMILES string of the molecule is C=C(C)CCC(=O)C(C(F)(F)F)C(F)(F)F. The van der Waals surface area contributed by atoms with Crippen LogP contribution in [0.25, 0.3) is 0 Å². The molecular weight excluding hydrogens is 238 g/mol. The van der Waals surface area contributed by atoms with Gasteiger partial charge in [0.15, 0.2) is 5.78 Å². The average Bonchev–Trinajstić information content (AvgIpc) is 1.94. The number of allylic oxidation sites excluding steroid dienone is 1. The van der Waals surface area contributed by atoms with Crippen LogP contribution in [-0.2, 0) is 4.79 Å². The Hall–Kier alpha value is -1.01. The zero-order chi connectivity index (χ0) is 13.1. The molecule has 0 heterocycles. The lowest BCUT2D eigenvalue weighted by molar-refractivity contribution is -0.273. The molecule has 0 rings (SSSR count). The van der Waals surface area contributed by atoms with Crippen molar-refractivity contribution in [2.45, 2.75) is 32.1 Å². The Morgan fingerprint density at radius 1 is 1.06 bits per heavy atom. The van der Waals surface area contributed by atoms with Crippen LogP contribution in [0.15, 0.2) is 12.2 Å². The van der Waals surface area contributed by atoms with Gasteiger partial charge in [-0.15, -0.1) is 6.58 Å². The number of rotatable bonds is 4. The van der Waals surface area contributed by atoms with E-state index in [1.54, 1.807) is 0 Å². The van der Waals surface area contributed by atoms with Gasteiger partial charge in [0.2, 0.25) is 5.92 Å². The Balaban J connectivity index is 4.80. The Morgan fingerprint density at radius 3 is 1.69 bits per heavy atom. The molecule has 0 atom stereocenters. The number of halogens is 6. The van der Waals surface area contributed by atoms with Crippen LogP contribution in [0, 0.1) is 5.92 Å². The van der Waals surface area contributed by atoms with E-state index in [4.69, 9.17) is 0 Å². The molecule has 0 radical (unpaired) electrons. The van der Waals surface area contributed by atoms with Gasteiger partial charge in [-0.05, 0) is 13.3 Å². The summed E-state index contributed by atoms with van der Waals surface area (Å²) in [5.41, 5.74) is 0.358. The third kappa shape index (κ3) is 4.67. The van der Waals surface area contributed by atoms with E-state index in [9.17, 15) is 31.1 Å². The van der Waals surface area contributed by atoms with Gasteiger partial charge in [-0.1, -0.05) is 5.57 Å². The molecule has 94 valence electrons. The third-order valence-corrected chi connectivity index (χ3v) is 1.77. The van der Waals surface area contributed by atoms with Crippen LogP contribution in [0.1, 0.15) is 19.8 Å². The summed E-state index contributed by atoms with van der Waals surface area (Å²) in [5, 5.41) is 0. The molecule has 1 nitrogen and oxygen atoms in total. The first kappa shape index (κ1) is 15.0. The highest BCUT2D eigenvalue weighted by Crippen LogP contribution is 2.40. The lowest BCUT2D eigenvalue weighted by atomic mass is 9.97. The molecule has 0 aromatic heterocycles. The second-order valence-electron chi connectivity index (χ2n) is 3.44. The summed E-state index contributed by atoms with van der Waals surface area (Å²) in [6, 6.07) is 0. The average molecular weight is 248 g/mol. The highest BCUT2D eigenvalue weighted by atomic mass is 19.4. The summed E-state index contributed by atoms with van der Waals surface area (Å²) in [6.45, 7) is 4.72. The van der Waals surface area contributed by atoms with E-state index in [0.29, 0.717) is 5.57 Å². The number of Topliss-reactive ketones (excluding diaryl/α,β-unsaturated/α-hetero) is 1. The molecule has 0 unspecified atom stereocenters. The van der Waals surface area contributed by atoms with E-state index >= 15 is 0 Å². The van der Waals surface area contributed by atoms with Crippen LogP contribution in [0.3, 0.4) is 0 Å². The number of alkyl halides is 6. The van der Waals surface area contributed by atoms with Crippen LogP contribution >= 0.6 is 0 Å². The van der Waals surface area contributed by atoms with Gasteiger partial charge in [0.25, 0.3) is 0 Å². The predicted octanol–water partition coefficient (Wildman–Crippen LogP) is 3.65. The molecule has 0 aliphatic rings. The fraction of sp³-hybridized carbons (Fsp3) is 0.667. The van der Waals surface area contributed by atoms with Crippen molar-refractivity contribution in [3.8, 4) is 0 Å². The van der Waals surface area contributed by atoms with Crippen LogP contribution in [0.2, 0.25) is 0 Å². The van der Waals surface area contributed by atoms with Crippen molar-refractivity contribution >= 4 is 5.78 Å². The summed E-state index contributed by atoms with van der Waals surface area (Å²) in [7, 11) is 0. The maximum Gasteiger partial charge on any atom is 0.407 e. The van der Waals surface area contributed by atoms with Gasteiger partial charge < -0.3 is 0 Å². The number of carbonyl (C=O) groups is 1. The fourth-order valence-electron chi connectivity index (χ4n) is 1.03. The molecule has 0 aliphatic carbocycles. The van der Waals surface area contributed by atoms with Gasteiger partial charge in [-0.25, -0.2) is 0 Å². The largest absolute Gasteiger partial charge is 0.407 e. The molecule has 0 aromatic carbocycles. The Labute approximate surface area is 88.1 Å². The van der Waals surface area contributed by atoms with E-state index in [1.165, 1.54) is 6.92 Å². The molecule has 0 amide bonds. The minimum Gasteiger partial charge on any atom is -0.299 e. The molecule has 0 bridgehead atoms. The van der Waals surface area contributed by atoms with Crippen LogP contribution < -0.4 is 0 Å². The van der Waals surface area contributed by atoms with Crippen molar-refractivity contribution in [2.24, 2.45) is 5.92 Å². The molecule has 0 N–H and O–H groups in total. The van der Waals surface area contributed by atoms with Gasteiger partial charge in [-0.3, -0.25) is 4.79 Å². The van der Waals surface area contributed by atoms with E-state index in [2.05, 4.69) is 6.58 Å². The summed E-state index contributed by atoms with van der Waals surface area (Å²) in [4.78, 5) is 10.9. The molecular formula is C9H10F6O. The topological polar surface area (TPSA) is 17.1 Å². The second kappa shape index (κ2) is 4.88. The van der Waals surface area contributed by atoms with E-state index in [-0.39, 0.29) is 6.42 Å². The van der Waals surface area contributed by atoms with Crippen molar-refractivity contribution in [1.82, 2.24) is 0 Å². The van der Waals surface area contributed by atoms with Crippen molar-refractivity contribution in [1.29, 1.82) is 0 Å². The van der Waals surface area contributed by atoms with Gasteiger partial charge >= 0.3 is 12.4 Å². The van der Waals surface area contributed by atoms with E-state index in [0.717, 1.165) is 0 Å². The number of hydrogen-bond donors (Lipinski definition) is 0. The molecule has 16 heavy (non-hydrogen) atoms. The molecule has 0 aromatic rings. The fourth-order valence-corrected chi connectivity index (χ4v) is 1.03. The minimum atomic E-state index is -5.59. The van der Waals surface area contributed by atoms with Crippen molar-refractivity contribution < 1.29 is 31.1 Å². The maximum atomic E-state index is 12.0. The molecule has 0 aliphatic heterocycles. The van der Waals surface area contributed by atoms with Crippen LogP contribution in [-0.4, -0.2) is 18.1 Å². The van der Waals surface area contributed by atoms with Gasteiger partial charge in [0, 0.05) is 6.42 Å². The van der Waals surface area contributed by atoms with Crippen LogP contribution in [0.4, 0.5) is 26.3 Å². The monoisotopic (exact) mass is 248 g/mol. The number of ketones is 1. The maximum absolute atomic E-state index is 12.0. The second-order valence-corrected chi connectivity index (χ2v) is 3.44. The van der Waals surface area contributed by atoms with Crippen molar-refractivity contribution in [3.05, 3.63) is 12.2 Å². The standard InChI is InChI=1S/C9H10F6O/c1-5(2)3-4-6(16)7(8(10,11)12)9(13,14)15/h7H,1,3-4H2,2H3. The van der Waals surface area contributed by atoms with E-state index in [1.807, 2.05) is 0 Å². The first-order valence-corrected chi connectivity index (χ1v) is 4.26. The number of hydrogen-bond acceptors (Lipinski definition) is 1. The summed E-state index contributed by atoms with van der Waals surface area (Å²) in [5.74, 6) is -5.76. The highest BCUT2D eigenvalue weighted by molar-refractivity contribution is 5.82. The molecule has 0 saturated heterocycles. The lowest BCUT2D eigenvalue weighted by Crippen LogP contribution is -2.42. The Kier molecular flexibility index (Phi) is 4.57. The quantitative estimate of drug-likeness (QED) is 0.548. The van der Waals surface area contributed by atoms with E-state index < -0.39 is 30.5 Å². The summed E-state index contributed by atoms with van der Waals surface area (Å²) >= 11 is 0. The summed E-state index contributed by atoms with van der Waals surface area (Å²) < 4.78 is 72.2. The van der Waals surface area contributed by atoms with Gasteiger partial charge in [-0.2, -0.15) is 26.3 Å². The third-order valence-electron chi connectivity index (χ3n) is 1.77. The molecule has 0 fully saturated rings. The van der Waals surface area contributed by atoms with Gasteiger partial charge in [0.1, 0.15) is 0 Å². The zero-order valence-corrected chi connectivity index (χ0v) is 8.37. The minimum absolute atomic E-state index is 0.179.